The summed E-state index contributed by atoms with van der Waals surface area (Å²) >= 11 is 1.70. The lowest BCUT2D eigenvalue weighted by Crippen LogP contribution is -2.41. The van der Waals surface area contributed by atoms with Crippen molar-refractivity contribution in [3.8, 4) is 10.4 Å². The minimum atomic E-state index is 0.130. The number of ether oxygens (including phenoxy) is 1. The van der Waals surface area contributed by atoms with Crippen LogP contribution in [0.4, 0.5) is 5.13 Å². The number of hydrogen-bond donors (Lipinski definition) is 1. The van der Waals surface area contributed by atoms with Crippen LogP contribution in [0.3, 0.4) is 0 Å². The lowest BCUT2D eigenvalue weighted by Gasteiger charge is -2.30. The second-order valence-corrected chi connectivity index (χ2v) is 8.94. The minimum Gasteiger partial charge on any atom is -0.375 e. The quantitative estimate of drug-likeness (QED) is 0.804. The molecule has 1 saturated heterocycles. The van der Waals surface area contributed by atoms with Crippen LogP contribution >= 0.6 is 11.3 Å². The molecular formula is C21H28N4O2S. The Hall–Kier alpha value is -1.99. The Morgan fingerprint density at radius 2 is 2.04 bits per heavy atom. The maximum absolute atomic E-state index is 12.2. The number of nitrogens with one attached hydrogen (secondary N) is 1. The Balaban J connectivity index is 1.60. The van der Waals surface area contributed by atoms with Gasteiger partial charge in [0.1, 0.15) is 0 Å². The van der Waals surface area contributed by atoms with Crippen molar-refractivity contribution in [2.75, 3.05) is 24.6 Å². The van der Waals surface area contributed by atoms with Crippen LogP contribution in [0.5, 0.6) is 0 Å². The summed E-state index contributed by atoms with van der Waals surface area (Å²) in [6, 6.07) is 4.20. The second-order valence-electron chi connectivity index (χ2n) is 7.96. The fraction of sp³-hybridized carbons (Fsp3) is 0.571. The summed E-state index contributed by atoms with van der Waals surface area (Å²) in [6.07, 6.45) is 3.21. The molecule has 0 spiro atoms. The number of rotatable bonds is 6. The second kappa shape index (κ2) is 8.17. The molecule has 3 heterocycles. The molecule has 2 aromatic heterocycles. The first-order chi connectivity index (χ1) is 13.5. The number of amides is 1. The third kappa shape index (κ3) is 4.70. The first kappa shape index (κ1) is 19.3. The van der Waals surface area contributed by atoms with Crippen molar-refractivity contribution in [3.63, 3.8) is 0 Å². The molecule has 150 valence electrons. The molecule has 1 amide bonds. The van der Waals surface area contributed by atoms with E-state index in [4.69, 9.17) is 9.72 Å². The van der Waals surface area contributed by atoms with E-state index >= 15 is 0 Å². The van der Waals surface area contributed by atoms with Crippen LogP contribution in [0.1, 0.15) is 43.3 Å². The molecule has 6 nitrogen and oxygen atoms in total. The highest BCUT2D eigenvalue weighted by molar-refractivity contribution is 7.19. The normalized spacial score (nSPS) is 19.7. The van der Waals surface area contributed by atoms with Gasteiger partial charge in [-0.15, -0.1) is 0 Å². The number of anilines is 1. The molecule has 0 radical (unpaired) electrons. The van der Waals surface area contributed by atoms with Crippen LogP contribution in [-0.2, 0) is 16.1 Å². The van der Waals surface area contributed by atoms with E-state index in [1.165, 1.54) is 12.8 Å². The summed E-state index contributed by atoms with van der Waals surface area (Å²) in [6.45, 7) is 9.00. The highest BCUT2D eigenvalue weighted by Crippen LogP contribution is 2.36. The van der Waals surface area contributed by atoms with Crippen molar-refractivity contribution in [1.29, 1.82) is 0 Å². The highest BCUT2D eigenvalue weighted by atomic mass is 32.1. The average molecular weight is 401 g/mol. The van der Waals surface area contributed by atoms with Crippen LogP contribution in [-0.4, -0.2) is 41.7 Å². The van der Waals surface area contributed by atoms with Crippen molar-refractivity contribution >= 4 is 22.4 Å². The SMILES string of the molecule is Cc1cc(-c2sc(N3CCO[C@@H](C)C3)nc2CNC(=O)CC2CC2)cc(C)n1. The summed E-state index contributed by atoms with van der Waals surface area (Å²) in [5.41, 5.74) is 4.05. The van der Waals surface area contributed by atoms with Gasteiger partial charge < -0.3 is 15.0 Å². The van der Waals surface area contributed by atoms with Gasteiger partial charge >= 0.3 is 0 Å². The monoisotopic (exact) mass is 400 g/mol. The number of morpholine rings is 1. The van der Waals surface area contributed by atoms with Gasteiger partial charge in [-0.05, 0) is 57.2 Å². The zero-order valence-electron chi connectivity index (χ0n) is 16.8. The van der Waals surface area contributed by atoms with E-state index in [9.17, 15) is 4.79 Å². The molecule has 1 aliphatic carbocycles. The third-order valence-corrected chi connectivity index (χ3v) is 6.37. The molecule has 1 aliphatic heterocycles. The van der Waals surface area contributed by atoms with Gasteiger partial charge in [-0.3, -0.25) is 9.78 Å². The molecule has 2 aliphatic rings. The molecule has 28 heavy (non-hydrogen) atoms. The van der Waals surface area contributed by atoms with Crippen molar-refractivity contribution in [2.24, 2.45) is 5.92 Å². The van der Waals surface area contributed by atoms with Crippen LogP contribution in [0.25, 0.3) is 10.4 Å². The van der Waals surface area contributed by atoms with Gasteiger partial charge in [0, 0.05) is 30.9 Å². The molecule has 4 rings (SSSR count). The molecule has 1 N–H and O–H groups in total. The first-order valence-corrected chi connectivity index (χ1v) is 10.9. The molecule has 0 bridgehead atoms. The van der Waals surface area contributed by atoms with Crippen LogP contribution in [0.2, 0.25) is 0 Å². The van der Waals surface area contributed by atoms with E-state index < -0.39 is 0 Å². The van der Waals surface area contributed by atoms with Gasteiger partial charge in [0.05, 0.1) is 29.8 Å². The zero-order valence-corrected chi connectivity index (χ0v) is 17.6. The molecule has 7 heteroatoms. The van der Waals surface area contributed by atoms with Crippen molar-refractivity contribution < 1.29 is 9.53 Å². The van der Waals surface area contributed by atoms with E-state index in [-0.39, 0.29) is 12.0 Å². The zero-order chi connectivity index (χ0) is 19.7. The fourth-order valence-electron chi connectivity index (χ4n) is 3.62. The topological polar surface area (TPSA) is 67.3 Å². The van der Waals surface area contributed by atoms with Crippen LogP contribution in [0.15, 0.2) is 12.1 Å². The summed E-state index contributed by atoms with van der Waals surface area (Å²) in [4.78, 5) is 25.0. The Labute approximate surface area is 170 Å². The standard InChI is InChI=1S/C21H28N4O2S/c1-13-8-17(9-14(2)23-13)20-18(11-22-19(26)10-16-4-5-16)24-21(28-20)25-6-7-27-15(3)12-25/h8-9,15-16H,4-7,10-12H2,1-3H3,(H,22,26)/t15-/m0/s1. The molecule has 1 atom stereocenters. The Morgan fingerprint density at radius 1 is 1.29 bits per heavy atom. The molecular weight excluding hydrogens is 372 g/mol. The van der Waals surface area contributed by atoms with Crippen molar-refractivity contribution in [3.05, 3.63) is 29.2 Å². The molecule has 2 aromatic rings. The van der Waals surface area contributed by atoms with Crippen molar-refractivity contribution in [1.82, 2.24) is 15.3 Å². The number of aromatic nitrogens is 2. The molecule has 1 saturated carbocycles. The number of pyridine rings is 1. The summed E-state index contributed by atoms with van der Waals surface area (Å²) in [5.74, 6) is 0.718. The van der Waals surface area contributed by atoms with Crippen LogP contribution in [0, 0.1) is 19.8 Å². The van der Waals surface area contributed by atoms with Gasteiger partial charge in [0.25, 0.3) is 0 Å². The smallest absolute Gasteiger partial charge is 0.220 e. The number of aryl methyl sites for hydroxylation is 2. The number of thiazole rings is 1. The van der Waals surface area contributed by atoms with Gasteiger partial charge in [-0.25, -0.2) is 4.98 Å². The number of nitrogens with zero attached hydrogens (tertiary/aromatic N) is 3. The van der Waals surface area contributed by atoms with Gasteiger partial charge in [-0.1, -0.05) is 11.3 Å². The molecule has 2 fully saturated rings. The largest absolute Gasteiger partial charge is 0.375 e. The van der Waals surface area contributed by atoms with E-state index in [2.05, 4.69) is 34.3 Å². The lowest BCUT2D eigenvalue weighted by atomic mass is 10.1. The Morgan fingerprint density at radius 3 is 2.71 bits per heavy atom. The summed E-state index contributed by atoms with van der Waals surface area (Å²) < 4.78 is 5.67. The van der Waals surface area contributed by atoms with Gasteiger partial charge in [0.2, 0.25) is 5.91 Å². The number of carbonyl (C=O) groups excluding carboxylic acids is 1. The van der Waals surface area contributed by atoms with E-state index in [1.54, 1.807) is 11.3 Å². The summed E-state index contributed by atoms with van der Waals surface area (Å²) in [5, 5.41) is 4.08. The van der Waals surface area contributed by atoms with Gasteiger partial charge in [0.15, 0.2) is 5.13 Å². The Bertz CT molecular complexity index is 842. The maximum Gasteiger partial charge on any atom is 0.220 e. The Kier molecular flexibility index (Phi) is 5.64. The number of carbonyl (C=O) groups is 1. The van der Waals surface area contributed by atoms with Crippen molar-refractivity contribution in [2.45, 2.75) is 52.7 Å². The van der Waals surface area contributed by atoms with Gasteiger partial charge in [-0.2, -0.15) is 0 Å². The molecule has 0 unspecified atom stereocenters. The minimum absolute atomic E-state index is 0.130. The van der Waals surface area contributed by atoms with E-state index in [0.717, 1.165) is 52.4 Å². The fourth-order valence-corrected chi connectivity index (χ4v) is 4.72. The maximum atomic E-state index is 12.2. The van der Waals surface area contributed by atoms with E-state index in [1.807, 2.05) is 13.8 Å². The van der Waals surface area contributed by atoms with Crippen LogP contribution < -0.4 is 10.2 Å². The summed E-state index contributed by atoms with van der Waals surface area (Å²) in [7, 11) is 0. The lowest BCUT2D eigenvalue weighted by molar-refractivity contribution is -0.121. The average Bonchev–Trinajstić information content (AvgIpc) is 3.34. The highest BCUT2D eigenvalue weighted by Gasteiger charge is 2.25. The predicted molar refractivity (Wildman–Crippen MR) is 112 cm³/mol. The van der Waals surface area contributed by atoms with E-state index in [0.29, 0.717) is 18.9 Å². The first-order valence-electron chi connectivity index (χ1n) is 10.1. The molecule has 0 aromatic carbocycles. The predicted octanol–water partition coefficient (Wildman–Crippen LogP) is 3.46. The number of hydrogen-bond acceptors (Lipinski definition) is 6. The third-order valence-electron chi connectivity index (χ3n) is 5.17.